The van der Waals surface area contributed by atoms with Gasteiger partial charge < -0.3 is 14.8 Å². The van der Waals surface area contributed by atoms with Gasteiger partial charge in [0.25, 0.3) is 5.56 Å². The summed E-state index contributed by atoms with van der Waals surface area (Å²) in [4.78, 5) is 38.1. The summed E-state index contributed by atoms with van der Waals surface area (Å²) in [6.07, 6.45) is 4.83. The number of amides is 2. The van der Waals surface area contributed by atoms with Gasteiger partial charge in [-0.15, -0.1) is 0 Å². The van der Waals surface area contributed by atoms with Crippen molar-refractivity contribution in [1.82, 2.24) is 9.47 Å². The van der Waals surface area contributed by atoms with Crippen LogP contribution < -0.4 is 10.9 Å². The summed E-state index contributed by atoms with van der Waals surface area (Å²) in [5.74, 6) is 0.331. The number of fused-ring (bicyclic) bond motifs is 1. The number of rotatable bonds is 4. The Morgan fingerprint density at radius 1 is 1.15 bits per heavy atom. The highest BCUT2D eigenvalue weighted by Gasteiger charge is 2.29. The molecule has 27 heavy (non-hydrogen) atoms. The molecule has 0 spiro atoms. The Bertz CT molecular complexity index is 942. The quantitative estimate of drug-likeness (QED) is 0.899. The fraction of sp³-hybridized carbons (Fsp3) is 0.381. The van der Waals surface area contributed by atoms with Crippen LogP contribution in [0.3, 0.4) is 0 Å². The van der Waals surface area contributed by atoms with Crippen LogP contribution in [-0.2, 0) is 36.0 Å². The molecule has 0 atom stereocenters. The average Bonchev–Trinajstić information content (AvgIpc) is 3.49. The molecule has 1 fully saturated rings. The molecular formula is C21H23N3O3. The van der Waals surface area contributed by atoms with Crippen LogP contribution in [0.5, 0.6) is 0 Å². The summed E-state index contributed by atoms with van der Waals surface area (Å²) < 4.78 is 1.56. The highest BCUT2D eigenvalue weighted by atomic mass is 16.2. The molecule has 140 valence electrons. The van der Waals surface area contributed by atoms with E-state index in [1.165, 1.54) is 0 Å². The van der Waals surface area contributed by atoms with Crippen LogP contribution in [0, 0.1) is 5.92 Å². The highest BCUT2D eigenvalue weighted by Crippen LogP contribution is 2.30. The second kappa shape index (κ2) is 7.02. The number of carbonyl (C=O) groups is 2. The molecule has 4 rings (SSSR count). The number of benzene rings is 1. The van der Waals surface area contributed by atoms with Gasteiger partial charge >= 0.3 is 0 Å². The number of carbonyl (C=O) groups excluding carboxylic acids is 2. The van der Waals surface area contributed by atoms with Gasteiger partial charge in [0.05, 0.1) is 6.42 Å². The van der Waals surface area contributed by atoms with E-state index >= 15 is 0 Å². The van der Waals surface area contributed by atoms with Crippen LogP contribution in [0.2, 0.25) is 0 Å². The molecule has 6 heteroatoms. The van der Waals surface area contributed by atoms with Crippen molar-refractivity contribution in [1.29, 1.82) is 0 Å². The van der Waals surface area contributed by atoms with Crippen LogP contribution in [0.25, 0.3) is 0 Å². The second-order valence-corrected chi connectivity index (χ2v) is 7.48. The van der Waals surface area contributed by atoms with Crippen molar-refractivity contribution in [3.8, 4) is 0 Å². The monoisotopic (exact) mass is 365 g/mol. The van der Waals surface area contributed by atoms with Crippen molar-refractivity contribution >= 4 is 17.5 Å². The number of nitrogens with zero attached hydrogens (tertiary/aromatic N) is 2. The Kier molecular flexibility index (Phi) is 4.56. The number of pyridine rings is 1. The Morgan fingerprint density at radius 3 is 2.59 bits per heavy atom. The van der Waals surface area contributed by atoms with Crippen LogP contribution in [-0.4, -0.2) is 27.8 Å². The van der Waals surface area contributed by atoms with Crippen LogP contribution in [0.15, 0.2) is 41.3 Å². The summed E-state index contributed by atoms with van der Waals surface area (Å²) in [6.45, 7) is 1.17. The number of aryl methyl sites for hydroxylation is 1. The predicted octanol–water partition coefficient (Wildman–Crippen LogP) is 1.86. The van der Waals surface area contributed by atoms with Crippen LogP contribution in [0.1, 0.15) is 29.5 Å². The number of hydrogen-bond donors (Lipinski definition) is 1. The Morgan fingerprint density at radius 2 is 1.89 bits per heavy atom. The van der Waals surface area contributed by atoms with Gasteiger partial charge in [-0.05, 0) is 48.1 Å². The standard InChI is InChI=1S/C21H23N3O3/c1-23-12-17-13-24(9-8-16(17)11-19(23)25)20(26)10-14-2-6-18(7-3-14)22-21(27)15-4-5-15/h2-3,6-7,11-12,15H,4-5,8-10,13H2,1H3,(H,22,27). The maximum absolute atomic E-state index is 12.7. The Labute approximate surface area is 157 Å². The van der Waals surface area contributed by atoms with E-state index in [1.807, 2.05) is 35.4 Å². The first-order chi connectivity index (χ1) is 13.0. The Balaban J connectivity index is 1.38. The van der Waals surface area contributed by atoms with Gasteiger partial charge in [0, 0.05) is 44.0 Å². The fourth-order valence-corrected chi connectivity index (χ4v) is 3.43. The minimum atomic E-state index is -0.0117. The van der Waals surface area contributed by atoms with E-state index in [9.17, 15) is 14.4 Å². The lowest BCUT2D eigenvalue weighted by Crippen LogP contribution is -2.38. The number of nitrogens with one attached hydrogen (secondary N) is 1. The fourth-order valence-electron chi connectivity index (χ4n) is 3.43. The Hall–Kier alpha value is -2.89. The summed E-state index contributed by atoms with van der Waals surface area (Å²) in [5, 5.41) is 2.91. The van der Waals surface area contributed by atoms with Gasteiger partial charge in [0.15, 0.2) is 0 Å². The van der Waals surface area contributed by atoms with E-state index in [2.05, 4.69) is 5.32 Å². The summed E-state index contributed by atoms with van der Waals surface area (Å²) >= 11 is 0. The first kappa shape index (κ1) is 17.5. The summed E-state index contributed by atoms with van der Waals surface area (Å²) in [6, 6.07) is 9.16. The van der Waals surface area contributed by atoms with Gasteiger partial charge in [0.2, 0.25) is 11.8 Å². The van der Waals surface area contributed by atoms with E-state index in [1.54, 1.807) is 17.7 Å². The molecule has 0 bridgehead atoms. The second-order valence-electron chi connectivity index (χ2n) is 7.48. The highest BCUT2D eigenvalue weighted by molar-refractivity contribution is 5.94. The first-order valence-corrected chi connectivity index (χ1v) is 9.35. The molecule has 2 heterocycles. The molecule has 6 nitrogen and oxygen atoms in total. The third-order valence-corrected chi connectivity index (χ3v) is 5.30. The van der Waals surface area contributed by atoms with Gasteiger partial charge in [-0.3, -0.25) is 14.4 Å². The van der Waals surface area contributed by atoms with Crippen molar-refractivity contribution in [2.75, 3.05) is 11.9 Å². The minimum Gasteiger partial charge on any atom is -0.338 e. The average molecular weight is 365 g/mol. The van der Waals surface area contributed by atoms with E-state index in [0.717, 1.165) is 35.2 Å². The molecule has 1 saturated carbocycles. The van der Waals surface area contributed by atoms with Crippen molar-refractivity contribution in [2.24, 2.45) is 13.0 Å². The van der Waals surface area contributed by atoms with Gasteiger partial charge in [-0.1, -0.05) is 12.1 Å². The van der Waals surface area contributed by atoms with Crippen molar-refractivity contribution in [3.63, 3.8) is 0 Å². The molecule has 1 aliphatic heterocycles. The van der Waals surface area contributed by atoms with Gasteiger partial charge in [0.1, 0.15) is 0 Å². The normalized spacial score (nSPS) is 16.0. The lowest BCUT2D eigenvalue weighted by Gasteiger charge is -2.29. The van der Waals surface area contributed by atoms with Gasteiger partial charge in [-0.25, -0.2) is 0 Å². The smallest absolute Gasteiger partial charge is 0.250 e. The molecule has 2 aromatic rings. The molecule has 0 unspecified atom stereocenters. The zero-order chi connectivity index (χ0) is 19.0. The number of aromatic nitrogens is 1. The molecule has 1 aliphatic carbocycles. The molecule has 1 N–H and O–H groups in total. The predicted molar refractivity (Wildman–Crippen MR) is 102 cm³/mol. The molecular weight excluding hydrogens is 342 g/mol. The summed E-state index contributed by atoms with van der Waals surface area (Å²) in [5.41, 5.74) is 3.77. The zero-order valence-corrected chi connectivity index (χ0v) is 15.4. The molecule has 0 radical (unpaired) electrons. The van der Waals surface area contributed by atoms with Crippen LogP contribution >= 0.6 is 0 Å². The maximum Gasteiger partial charge on any atom is 0.250 e. The van der Waals surface area contributed by atoms with E-state index in [0.29, 0.717) is 25.9 Å². The largest absolute Gasteiger partial charge is 0.338 e. The van der Waals surface area contributed by atoms with Crippen molar-refractivity contribution in [2.45, 2.75) is 32.2 Å². The number of anilines is 1. The minimum absolute atomic E-state index is 0.0117. The zero-order valence-electron chi connectivity index (χ0n) is 15.4. The molecule has 2 amide bonds. The lowest BCUT2D eigenvalue weighted by atomic mass is 10.0. The van der Waals surface area contributed by atoms with E-state index in [4.69, 9.17) is 0 Å². The SMILES string of the molecule is Cn1cc2c(cc1=O)CCN(C(=O)Cc1ccc(NC(=O)C3CC3)cc1)C2. The first-order valence-electron chi connectivity index (χ1n) is 9.35. The summed E-state index contributed by atoms with van der Waals surface area (Å²) in [7, 11) is 1.73. The third-order valence-electron chi connectivity index (χ3n) is 5.30. The molecule has 0 saturated heterocycles. The maximum atomic E-state index is 12.7. The van der Waals surface area contributed by atoms with Crippen molar-refractivity contribution < 1.29 is 9.59 Å². The van der Waals surface area contributed by atoms with E-state index < -0.39 is 0 Å². The number of hydrogen-bond acceptors (Lipinski definition) is 3. The van der Waals surface area contributed by atoms with E-state index in [-0.39, 0.29) is 23.3 Å². The topological polar surface area (TPSA) is 71.4 Å². The molecule has 1 aromatic carbocycles. The third kappa shape index (κ3) is 3.94. The lowest BCUT2D eigenvalue weighted by molar-refractivity contribution is -0.131. The van der Waals surface area contributed by atoms with Crippen LogP contribution in [0.4, 0.5) is 5.69 Å². The molecule has 2 aliphatic rings. The van der Waals surface area contributed by atoms with Crippen molar-refractivity contribution in [3.05, 3.63) is 63.6 Å². The molecule has 1 aromatic heterocycles. The van der Waals surface area contributed by atoms with Gasteiger partial charge in [-0.2, -0.15) is 0 Å².